The maximum Gasteiger partial charge on any atom is -0.0411 e. The van der Waals surface area contributed by atoms with E-state index in [1.165, 1.54) is 0 Å². The molecular weight excluding hydrogens is 252 g/mol. The third-order valence-corrected chi connectivity index (χ3v) is 0. The second-order valence-corrected chi connectivity index (χ2v) is 3.00. The first kappa shape index (κ1) is 58.3. The summed E-state index contributed by atoms with van der Waals surface area (Å²) in [5.41, 5.74) is 0.500. The largest absolute Gasteiger partial charge is 0.0683 e. The van der Waals surface area contributed by atoms with Crippen LogP contribution in [-0.4, -0.2) is 0 Å². The Morgan fingerprint density at radius 1 is 0.238 bits per heavy atom. The minimum Gasteiger partial charge on any atom is -0.0683 e. The van der Waals surface area contributed by atoms with Gasteiger partial charge in [-0.15, -0.1) is 0 Å². The molecule has 0 saturated carbocycles. The summed E-state index contributed by atoms with van der Waals surface area (Å²) in [5.74, 6) is 0. The Morgan fingerprint density at radius 2 is 0.238 bits per heavy atom. The van der Waals surface area contributed by atoms with Crippen molar-refractivity contribution in [1.29, 1.82) is 0 Å². The van der Waals surface area contributed by atoms with Gasteiger partial charge in [0.05, 0.1) is 0 Å². The first-order valence-corrected chi connectivity index (χ1v) is 10.0. The highest BCUT2D eigenvalue weighted by atomic mass is 14.0. The van der Waals surface area contributed by atoms with Crippen LogP contribution >= 0.6 is 0 Å². The lowest BCUT2D eigenvalue weighted by molar-refractivity contribution is 0.469. The van der Waals surface area contributed by atoms with E-state index in [2.05, 4.69) is 27.7 Å². The van der Waals surface area contributed by atoms with Crippen LogP contribution in [0, 0.1) is 5.41 Å². The monoisotopic (exact) mass is 312 g/mol. The average Bonchev–Trinajstić information content (AvgIpc) is 2.60. The van der Waals surface area contributed by atoms with E-state index >= 15 is 0 Å². The molecule has 0 heteroatoms. The second kappa shape index (κ2) is 201. The van der Waals surface area contributed by atoms with Gasteiger partial charge in [-0.2, -0.15) is 0 Å². The molecule has 0 spiro atoms. The minimum atomic E-state index is 0.500. The quantitative estimate of drug-likeness (QED) is 0.417. The third-order valence-electron chi connectivity index (χ3n) is 0. The Hall–Kier alpha value is 0. The molecular formula is C21H60. The molecule has 0 bridgehead atoms. The summed E-state index contributed by atoms with van der Waals surface area (Å²) in [6, 6.07) is 0. The van der Waals surface area contributed by atoms with Crippen LogP contribution < -0.4 is 0 Å². The fraction of sp³-hybridized carbons (Fsp3) is 1.00. The van der Waals surface area contributed by atoms with Crippen LogP contribution in [0.2, 0.25) is 0 Å². The molecule has 0 aromatic carbocycles. The first-order valence-electron chi connectivity index (χ1n) is 10.0. The molecule has 0 radical (unpaired) electrons. The molecule has 0 aromatic heterocycles. The molecule has 0 unspecified atom stereocenters. The van der Waals surface area contributed by atoms with Crippen molar-refractivity contribution >= 4 is 0 Å². The molecule has 0 fully saturated rings. The van der Waals surface area contributed by atoms with Gasteiger partial charge in [-0.3, -0.25) is 0 Å². The van der Waals surface area contributed by atoms with Gasteiger partial charge in [0.15, 0.2) is 0 Å². The zero-order chi connectivity index (χ0) is 20.5. The van der Waals surface area contributed by atoms with Crippen LogP contribution in [-0.2, 0) is 0 Å². The Labute approximate surface area is 144 Å². The molecule has 21 heavy (non-hydrogen) atoms. The Morgan fingerprint density at radius 3 is 0.238 bits per heavy atom. The predicted molar refractivity (Wildman–Crippen MR) is 116 cm³/mol. The van der Waals surface area contributed by atoms with E-state index in [0.29, 0.717) is 5.41 Å². The number of hydrogen-bond donors (Lipinski definition) is 0. The average molecular weight is 313 g/mol. The summed E-state index contributed by atoms with van der Waals surface area (Å²) in [6.45, 7) is 40.8. The molecule has 0 aliphatic rings. The van der Waals surface area contributed by atoms with E-state index in [0.717, 1.165) is 0 Å². The van der Waals surface area contributed by atoms with E-state index in [-0.39, 0.29) is 0 Å². The highest BCUT2D eigenvalue weighted by Crippen LogP contribution is 2.07. The fourth-order valence-electron chi connectivity index (χ4n) is 0. The van der Waals surface area contributed by atoms with Crippen LogP contribution in [0.3, 0.4) is 0 Å². The molecule has 0 saturated heterocycles. The second-order valence-electron chi connectivity index (χ2n) is 3.00. The third kappa shape index (κ3) is 0. The van der Waals surface area contributed by atoms with E-state index in [1.54, 1.807) is 0 Å². The van der Waals surface area contributed by atoms with Crippen LogP contribution in [0.15, 0.2) is 0 Å². The smallest absolute Gasteiger partial charge is 0.0411 e. The van der Waals surface area contributed by atoms with Gasteiger partial charge < -0.3 is 0 Å². The summed E-state index contributed by atoms with van der Waals surface area (Å²) in [7, 11) is 0. The van der Waals surface area contributed by atoms with Crippen LogP contribution in [0.1, 0.15) is 138 Å². The lowest BCUT2D eigenvalue weighted by atomic mass is 10.0. The Kier molecular flexibility index (Phi) is 557. The van der Waals surface area contributed by atoms with Gasteiger partial charge in [-0.05, 0) is 5.41 Å². The van der Waals surface area contributed by atoms with Gasteiger partial charge in [-0.1, -0.05) is 138 Å². The summed E-state index contributed by atoms with van der Waals surface area (Å²) in [6.07, 6.45) is 0. The van der Waals surface area contributed by atoms with Crippen LogP contribution in [0.25, 0.3) is 0 Å². The Balaban J connectivity index is -0.0000000115. The molecule has 0 amide bonds. The van der Waals surface area contributed by atoms with Gasteiger partial charge in [0.25, 0.3) is 0 Å². The molecule has 0 aliphatic carbocycles. The predicted octanol–water partition coefficient (Wildman–Crippen LogP) is 10.3. The van der Waals surface area contributed by atoms with Crippen molar-refractivity contribution in [1.82, 2.24) is 0 Å². The van der Waals surface area contributed by atoms with Gasteiger partial charge in [-0.25, -0.2) is 0 Å². The highest BCUT2D eigenvalue weighted by Gasteiger charge is 1.95. The maximum absolute atomic E-state index is 2.19. The summed E-state index contributed by atoms with van der Waals surface area (Å²) in [4.78, 5) is 0. The highest BCUT2D eigenvalue weighted by molar-refractivity contribution is 4.47. The summed E-state index contributed by atoms with van der Waals surface area (Å²) in [5, 5.41) is 0. The van der Waals surface area contributed by atoms with Crippen molar-refractivity contribution in [3.8, 4) is 0 Å². The molecule has 0 nitrogen and oxygen atoms in total. The van der Waals surface area contributed by atoms with Crippen molar-refractivity contribution in [3.05, 3.63) is 0 Å². The van der Waals surface area contributed by atoms with E-state index in [4.69, 9.17) is 0 Å². The zero-order valence-electron chi connectivity index (χ0n) is 20.5. The van der Waals surface area contributed by atoms with Gasteiger partial charge in [0.1, 0.15) is 0 Å². The standard InChI is InChI=1S/C5H12.8C2H6/c1-5(2,3)4;8*1-2/h1-4H3;8*1-2H3. The molecule has 0 N–H and O–H groups in total. The normalized spacial score (nSPS) is 5.14. The zero-order valence-corrected chi connectivity index (χ0v) is 20.5. The van der Waals surface area contributed by atoms with Crippen molar-refractivity contribution < 1.29 is 0 Å². The molecule has 144 valence electrons. The first-order chi connectivity index (χ1) is 10.0. The topological polar surface area (TPSA) is 0 Å². The molecule has 0 heterocycles. The SMILES string of the molecule is CC.CC.CC.CC.CC.CC.CC.CC.CC(C)(C)C. The minimum absolute atomic E-state index is 0.500. The van der Waals surface area contributed by atoms with E-state index in [1.807, 2.05) is 111 Å². The number of rotatable bonds is 0. The molecule has 0 aromatic rings. The number of hydrogen-bond acceptors (Lipinski definition) is 0. The van der Waals surface area contributed by atoms with E-state index in [9.17, 15) is 0 Å². The van der Waals surface area contributed by atoms with Crippen molar-refractivity contribution in [2.75, 3.05) is 0 Å². The van der Waals surface area contributed by atoms with Gasteiger partial charge >= 0.3 is 0 Å². The van der Waals surface area contributed by atoms with Gasteiger partial charge in [0.2, 0.25) is 0 Å². The van der Waals surface area contributed by atoms with Gasteiger partial charge in [0, 0.05) is 0 Å². The molecule has 0 atom stereocenters. The molecule has 0 rings (SSSR count). The summed E-state index contributed by atoms with van der Waals surface area (Å²) < 4.78 is 0. The van der Waals surface area contributed by atoms with Crippen molar-refractivity contribution in [2.24, 2.45) is 5.41 Å². The van der Waals surface area contributed by atoms with Crippen LogP contribution in [0.5, 0.6) is 0 Å². The lowest BCUT2D eigenvalue weighted by Crippen LogP contribution is -1.93. The fourth-order valence-corrected chi connectivity index (χ4v) is 0. The summed E-state index contributed by atoms with van der Waals surface area (Å²) >= 11 is 0. The molecule has 0 aliphatic heterocycles. The Bertz CT molecular complexity index is 15.5. The van der Waals surface area contributed by atoms with Crippen molar-refractivity contribution in [3.63, 3.8) is 0 Å². The lowest BCUT2D eigenvalue weighted by Gasteiger charge is -2.05. The van der Waals surface area contributed by atoms with Crippen molar-refractivity contribution in [2.45, 2.75) is 138 Å². The maximum atomic E-state index is 2.19. The van der Waals surface area contributed by atoms with Crippen LogP contribution in [0.4, 0.5) is 0 Å². The van der Waals surface area contributed by atoms with E-state index < -0.39 is 0 Å².